The Balaban J connectivity index is 1.87. The fourth-order valence-electron chi connectivity index (χ4n) is 1.82. The first-order valence-corrected chi connectivity index (χ1v) is 5.31. The van der Waals surface area contributed by atoms with Crippen LogP contribution in [0.1, 0.15) is 5.56 Å². The van der Waals surface area contributed by atoms with Gasteiger partial charge in [-0.3, -0.25) is 0 Å². The second-order valence-electron chi connectivity index (χ2n) is 3.93. The number of hydrogen-bond donors (Lipinski definition) is 0. The van der Waals surface area contributed by atoms with E-state index in [9.17, 15) is 4.79 Å². The van der Waals surface area contributed by atoms with Crippen LogP contribution in [0.4, 0.5) is 4.79 Å². The van der Waals surface area contributed by atoms with Crippen LogP contribution < -0.4 is 0 Å². The predicted molar refractivity (Wildman–Crippen MR) is 59.7 cm³/mol. The van der Waals surface area contributed by atoms with Gasteiger partial charge >= 0.3 is 6.03 Å². The molecule has 1 aromatic carbocycles. The van der Waals surface area contributed by atoms with Crippen molar-refractivity contribution >= 4 is 6.03 Å². The molecule has 1 saturated heterocycles. The molecule has 0 aromatic heterocycles. The maximum Gasteiger partial charge on any atom is 0.319 e. The van der Waals surface area contributed by atoms with Gasteiger partial charge in [-0.15, -0.1) is 0 Å². The quantitative estimate of drug-likeness (QED) is 0.733. The van der Waals surface area contributed by atoms with Crippen LogP contribution in [0.15, 0.2) is 30.3 Å². The van der Waals surface area contributed by atoms with Crippen molar-refractivity contribution in [1.29, 1.82) is 0 Å². The van der Waals surface area contributed by atoms with E-state index in [1.165, 1.54) is 5.56 Å². The van der Waals surface area contributed by atoms with Crippen molar-refractivity contribution in [2.75, 3.05) is 26.7 Å². The van der Waals surface area contributed by atoms with Gasteiger partial charge < -0.3 is 9.80 Å². The van der Waals surface area contributed by atoms with Crippen molar-refractivity contribution in [2.24, 2.45) is 0 Å². The highest BCUT2D eigenvalue weighted by molar-refractivity contribution is 5.76. The smallest absolute Gasteiger partial charge is 0.319 e. The molecule has 0 atom stereocenters. The molecule has 80 valence electrons. The molecule has 3 heteroatoms. The molecule has 0 spiro atoms. The Kier molecular flexibility index (Phi) is 2.90. The van der Waals surface area contributed by atoms with Gasteiger partial charge in [-0.05, 0) is 12.0 Å². The first-order valence-electron chi connectivity index (χ1n) is 5.31. The fraction of sp³-hybridized carbons (Fsp3) is 0.417. The molecule has 15 heavy (non-hydrogen) atoms. The number of amides is 2. The summed E-state index contributed by atoms with van der Waals surface area (Å²) in [7, 11) is 1.85. The number of carbonyl (C=O) groups excluding carboxylic acids is 1. The molecule has 1 fully saturated rings. The van der Waals surface area contributed by atoms with Gasteiger partial charge in [-0.2, -0.15) is 0 Å². The summed E-state index contributed by atoms with van der Waals surface area (Å²) in [5, 5.41) is 0. The highest BCUT2D eigenvalue weighted by atomic mass is 16.2. The number of likely N-dealkylation sites (N-methyl/N-ethyl adjacent to an activating group) is 1. The standard InChI is InChI=1S/C12H16N2O/c1-13-9-10-14(12(13)15)8-7-11-5-3-2-4-6-11/h2-6H,7-10H2,1H3. The van der Waals surface area contributed by atoms with Crippen molar-refractivity contribution in [3.63, 3.8) is 0 Å². The van der Waals surface area contributed by atoms with Crippen molar-refractivity contribution in [3.05, 3.63) is 35.9 Å². The van der Waals surface area contributed by atoms with Crippen molar-refractivity contribution in [3.8, 4) is 0 Å². The Labute approximate surface area is 90.3 Å². The van der Waals surface area contributed by atoms with Crippen LogP contribution >= 0.6 is 0 Å². The number of benzene rings is 1. The van der Waals surface area contributed by atoms with E-state index in [1.807, 2.05) is 30.1 Å². The van der Waals surface area contributed by atoms with Gasteiger partial charge in [0.25, 0.3) is 0 Å². The average Bonchev–Trinajstić information content (AvgIpc) is 2.59. The molecule has 1 aromatic rings. The highest BCUT2D eigenvalue weighted by Gasteiger charge is 2.24. The molecule has 0 unspecified atom stereocenters. The second kappa shape index (κ2) is 4.34. The van der Waals surface area contributed by atoms with Crippen LogP contribution in [-0.2, 0) is 6.42 Å². The summed E-state index contributed by atoms with van der Waals surface area (Å²) in [6.07, 6.45) is 0.945. The molecule has 1 aliphatic rings. The Morgan fingerprint density at radius 1 is 1.20 bits per heavy atom. The Bertz CT molecular complexity index is 337. The zero-order valence-electron chi connectivity index (χ0n) is 9.02. The predicted octanol–water partition coefficient (Wildman–Crippen LogP) is 1.60. The minimum atomic E-state index is 0.158. The SMILES string of the molecule is CN1CCN(CCc2ccccc2)C1=O. The molecule has 0 radical (unpaired) electrons. The number of rotatable bonds is 3. The van der Waals surface area contributed by atoms with Gasteiger partial charge in [0.15, 0.2) is 0 Å². The molecule has 0 aliphatic carbocycles. The molecular weight excluding hydrogens is 188 g/mol. The maximum atomic E-state index is 11.6. The number of carbonyl (C=O) groups is 1. The van der Waals surface area contributed by atoms with Crippen LogP contribution in [0.2, 0.25) is 0 Å². The summed E-state index contributed by atoms with van der Waals surface area (Å²) in [5.41, 5.74) is 1.29. The summed E-state index contributed by atoms with van der Waals surface area (Å²) >= 11 is 0. The van der Waals surface area contributed by atoms with E-state index in [4.69, 9.17) is 0 Å². The van der Waals surface area contributed by atoms with Crippen LogP contribution in [0.3, 0.4) is 0 Å². The Morgan fingerprint density at radius 2 is 1.93 bits per heavy atom. The highest BCUT2D eigenvalue weighted by Crippen LogP contribution is 2.08. The largest absolute Gasteiger partial charge is 0.326 e. The summed E-state index contributed by atoms with van der Waals surface area (Å²) in [4.78, 5) is 15.3. The lowest BCUT2D eigenvalue weighted by atomic mass is 10.1. The molecule has 2 rings (SSSR count). The van der Waals surface area contributed by atoms with Gasteiger partial charge in [0, 0.05) is 26.7 Å². The molecule has 3 nitrogen and oxygen atoms in total. The summed E-state index contributed by atoms with van der Waals surface area (Å²) in [6.45, 7) is 2.54. The molecule has 0 N–H and O–H groups in total. The molecule has 1 heterocycles. The zero-order valence-corrected chi connectivity index (χ0v) is 9.02. The van der Waals surface area contributed by atoms with E-state index in [0.717, 1.165) is 26.1 Å². The average molecular weight is 204 g/mol. The third-order valence-corrected chi connectivity index (χ3v) is 2.82. The third kappa shape index (κ3) is 2.29. The van der Waals surface area contributed by atoms with Crippen LogP contribution in [0, 0.1) is 0 Å². The molecule has 0 saturated carbocycles. The minimum Gasteiger partial charge on any atom is -0.326 e. The van der Waals surface area contributed by atoms with Crippen LogP contribution in [0.25, 0.3) is 0 Å². The molecule has 1 aliphatic heterocycles. The lowest BCUT2D eigenvalue weighted by Gasteiger charge is -2.15. The fourth-order valence-corrected chi connectivity index (χ4v) is 1.82. The van der Waals surface area contributed by atoms with Crippen LogP contribution in [0.5, 0.6) is 0 Å². The molecule has 2 amide bonds. The van der Waals surface area contributed by atoms with Crippen molar-refractivity contribution < 1.29 is 4.79 Å². The van der Waals surface area contributed by atoms with Crippen LogP contribution in [-0.4, -0.2) is 42.5 Å². The molecule has 0 bridgehead atoms. The van der Waals surface area contributed by atoms with E-state index in [2.05, 4.69) is 12.1 Å². The van der Waals surface area contributed by atoms with Gasteiger partial charge in [-0.1, -0.05) is 30.3 Å². The number of urea groups is 1. The lowest BCUT2D eigenvalue weighted by molar-refractivity contribution is 0.199. The van der Waals surface area contributed by atoms with Gasteiger partial charge in [0.1, 0.15) is 0 Å². The zero-order chi connectivity index (χ0) is 10.7. The normalized spacial score (nSPS) is 16.2. The monoisotopic (exact) mass is 204 g/mol. The third-order valence-electron chi connectivity index (χ3n) is 2.82. The summed E-state index contributed by atoms with van der Waals surface area (Å²) < 4.78 is 0. The Hall–Kier alpha value is -1.51. The van der Waals surface area contributed by atoms with Crippen molar-refractivity contribution in [2.45, 2.75) is 6.42 Å². The number of nitrogens with zero attached hydrogens (tertiary/aromatic N) is 2. The van der Waals surface area contributed by atoms with E-state index < -0.39 is 0 Å². The lowest BCUT2D eigenvalue weighted by Crippen LogP contribution is -2.31. The first-order chi connectivity index (χ1) is 7.27. The number of hydrogen-bond acceptors (Lipinski definition) is 1. The minimum absolute atomic E-state index is 0.158. The first kappa shape index (κ1) is 10.0. The Morgan fingerprint density at radius 3 is 2.53 bits per heavy atom. The maximum absolute atomic E-state index is 11.6. The summed E-state index contributed by atoms with van der Waals surface area (Å²) in [5.74, 6) is 0. The van der Waals surface area contributed by atoms with E-state index >= 15 is 0 Å². The summed E-state index contributed by atoms with van der Waals surface area (Å²) in [6, 6.07) is 10.4. The van der Waals surface area contributed by atoms with E-state index in [0.29, 0.717) is 0 Å². The van der Waals surface area contributed by atoms with Gasteiger partial charge in [0.2, 0.25) is 0 Å². The van der Waals surface area contributed by atoms with Crippen molar-refractivity contribution in [1.82, 2.24) is 9.80 Å². The van der Waals surface area contributed by atoms with Gasteiger partial charge in [-0.25, -0.2) is 4.79 Å². The van der Waals surface area contributed by atoms with Gasteiger partial charge in [0.05, 0.1) is 0 Å². The van der Waals surface area contributed by atoms with E-state index in [-0.39, 0.29) is 6.03 Å². The van der Waals surface area contributed by atoms with E-state index in [1.54, 1.807) is 4.90 Å². The molecular formula is C12H16N2O. The topological polar surface area (TPSA) is 23.6 Å². The second-order valence-corrected chi connectivity index (χ2v) is 3.93.